The van der Waals surface area contributed by atoms with Gasteiger partial charge in [-0.25, -0.2) is 4.39 Å². The lowest BCUT2D eigenvalue weighted by atomic mass is 10.2. The van der Waals surface area contributed by atoms with Gasteiger partial charge in [0.15, 0.2) is 0 Å². The minimum Gasteiger partial charge on any atom is -0.489 e. The quantitative estimate of drug-likeness (QED) is 0.846. The van der Waals surface area contributed by atoms with Crippen molar-refractivity contribution in [2.24, 2.45) is 0 Å². The Balaban J connectivity index is 2.04. The van der Waals surface area contributed by atoms with E-state index in [1.807, 2.05) is 0 Å². The molecule has 0 saturated heterocycles. The lowest BCUT2D eigenvalue weighted by molar-refractivity contribution is 0.307. The van der Waals surface area contributed by atoms with Crippen molar-refractivity contribution in [1.29, 1.82) is 0 Å². The Bertz CT molecular complexity index is 513. The monoisotopic (exact) mass is 251 g/mol. The third kappa shape index (κ3) is 3.11. The van der Waals surface area contributed by atoms with E-state index in [9.17, 15) is 4.39 Å². The summed E-state index contributed by atoms with van der Waals surface area (Å²) in [6.07, 6.45) is 0. The Morgan fingerprint density at radius 1 is 1.12 bits per heavy atom. The molecular weight excluding hydrogens is 241 g/mol. The Labute approximate surface area is 104 Å². The van der Waals surface area contributed by atoms with Gasteiger partial charge in [0.05, 0.1) is 0 Å². The molecule has 0 radical (unpaired) electrons. The van der Waals surface area contributed by atoms with E-state index in [1.165, 1.54) is 12.1 Å². The number of benzene rings is 2. The van der Waals surface area contributed by atoms with Crippen LogP contribution in [-0.4, -0.2) is 0 Å². The van der Waals surface area contributed by atoms with E-state index >= 15 is 0 Å². The predicted octanol–water partition coefficient (Wildman–Crippen LogP) is 3.64. The fraction of sp³-hybridized carbons (Fsp3) is 0.0769. The largest absolute Gasteiger partial charge is 0.489 e. The molecule has 2 aromatic carbocycles. The molecule has 0 amide bonds. The fourth-order valence-electron chi connectivity index (χ4n) is 1.39. The highest BCUT2D eigenvalue weighted by atomic mass is 35.5. The van der Waals surface area contributed by atoms with Gasteiger partial charge in [-0.1, -0.05) is 17.7 Å². The summed E-state index contributed by atoms with van der Waals surface area (Å²) in [7, 11) is 0. The molecule has 0 aliphatic carbocycles. The second kappa shape index (κ2) is 5.06. The number of halogens is 2. The molecule has 0 atom stereocenters. The maximum absolute atomic E-state index is 12.8. The molecule has 2 aromatic rings. The average molecular weight is 252 g/mol. The predicted molar refractivity (Wildman–Crippen MR) is 66.6 cm³/mol. The highest BCUT2D eigenvalue weighted by Gasteiger charge is 2.02. The minimum atomic E-state index is -0.349. The molecule has 88 valence electrons. The summed E-state index contributed by atoms with van der Waals surface area (Å²) in [6, 6.07) is 11.3. The molecule has 2 N–H and O–H groups in total. The Kier molecular flexibility index (Phi) is 3.49. The van der Waals surface area contributed by atoms with Gasteiger partial charge in [-0.2, -0.15) is 0 Å². The zero-order valence-corrected chi connectivity index (χ0v) is 9.75. The Hall–Kier alpha value is -1.74. The van der Waals surface area contributed by atoms with E-state index in [4.69, 9.17) is 22.1 Å². The second-order valence-corrected chi connectivity index (χ2v) is 4.02. The van der Waals surface area contributed by atoms with Crippen LogP contribution in [0.25, 0.3) is 0 Å². The zero-order valence-electron chi connectivity index (χ0n) is 8.99. The maximum Gasteiger partial charge on any atom is 0.125 e. The standard InChI is InChI=1S/C13H11ClFNO/c14-10-2-5-12(6-3-10)17-8-9-1-4-11(15)7-13(9)16/h1-7H,8,16H2. The van der Waals surface area contributed by atoms with E-state index in [2.05, 4.69) is 0 Å². The van der Waals surface area contributed by atoms with Gasteiger partial charge >= 0.3 is 0 Å². The summed E-state index contributed by atoms with van der Waals surface area (Å²) >= 11 is 5.75. The van der Waals surface area contributed by atoms with Crippen LogP contribution >= 0.6 is 11.6 Å². The van der Waals surface area contributed by atoms with Crippen molar-refractivity contribution in [3.63, 3.8) is 0 Å². The number of hydrogen-bond donors (Lipinski definition) is 1. The molecule has 4 heteroatoms. The first kappa shape index (κ1) is 11.7. The SMILES string of the molecule is Nc1cc(F)ccc1COc1ccc(Cl)cc1. The number of anilines is 1. The third-order valence-corrected chi connectivity index (χ3v) is 2.57. The van der Waals surface area contributed by atoms with Crippen molar-refractivity contribution in [1.82, 2.24) is 0 Å². The first-order valence-electron chi connectivity index (χ1n) is 5.07. The Morgan fingerprint density at radius 3 is 2.47 bits per heavy atom. The highest BCUT2D eigenvalue weighted by molar-refractivity contribution is 6.30. The number of nitrogen functional groups attached to an aromatic ring is 1. The summed E-state index contributed by atoms with van der Waals surface area (Å²) in [5, 5.41) is 0.652. The van der Waals surface area contributed by atoms with Gasteiger partial charge in [-0.15, -0.1) is 0 Å². The summed E-state index contributed by atoms with van der Waals surface area (Å²) in [5.74, 6) is 0.343. The van der Waals surface area contributed by atoms with Crippen LogP contribution in [0.3, 0.4) is 0 Å². The summed E-state index contributed by atoms with van der Waals surface area (Å²) in [5.41, 5.74) is 6.81. The van der Waals surface area contributed by atoms with Crippen molar-refractivity contribution < 1.29 is 9.13 Å². The second-order valence-electron chi connectivity index (χ2n) is 3.59. The van der Waals surface area contributed by atoms with E-state index in [0.717, 1.165) is 5.56 Å². The summed E-state index contributed by atoms with van der Waals surface area (Å²) < 4.78 is 18.3. The molecule has 0 fully saturated rings. The van der Waals surface area contributed by atoms with Gasteiger partial charge in [-0.3, -0.25) is 0 Å². The minimum absolute atomic E-state index is 0.299. The number of nitrogens with two attached hydrogens (primary N) is 1. The molecule has 0 unspecified atom stereocenters. The highest BCUT2D eigenvalue weighted by Crippen LogP contribution is 2.19. The lowest BCUT2D eigenvalue weighted by Crippen LogP contribution is -2.00. The summed E-state index contributed by atoms with van der Waals surface area (Å²) in [4.78, 5) is 0. The third-order valence-electron chi connectivity index (χ3n) is 2.32. The average Bonchev–Trinajstić information content (AvgIpc) is 2.30. The Morgan fingerprint density at radius 2 is 1.82 bits per heavy atom. The normalized spacial score (nSPS) is 10.2. The van der Waals surface area contributed by atoms with Crippen LogP contribution in [0.5, 0.6) is 5.75 Å². The van der Waals surface area contributed by atoms with Gasteiger partial charge in [-0.05, 0) is 36.4 Å². The van der Waals surface area contributed by atoms with Gasteiger partial charge < -0.3 is 10.5 Å². The molecule has 0 aromatic heterocycles. The molecule has 2 rings (SSSR count). The summed E-state index contributed by atoms with van der Waals surface area (Å²) in [6.45, 7) is 0.299. The number of rotatable bonds is 3. The van der Waals surface area contributed by atoms with Crippen LogP contribution in [-0.2, 0) is 6.61 Å². The van der Waals surface area contributed by atoms with Crippen LogP contribution in [0.4, 0.5) is 10.1 Å². The van der Waals surface area contributed by atoms with Gasteiger partial charge in [0, 0.05) is 16.3 Å². The molecule has 0 aliphatic rings. The molecule has 0 saturated carbocycles. The first-order chi connectivity index (χ1) is 8.15. The molecule has 2 nitrogen and oxygen atoms in total. The van der Waals surface area contributed by atoms with Crippen LogP contribution < -0.4 is 10.5 Å². The van der Waals surface area contributed by atoms with Gasteiger partial charge in [0.1, 0.15) is 18.2 Å². The van der Waals surface area contributed by atoms with Crippen LogP contribution in [0.1, 0.15) is 5.56 Å². The molecule has 0 spiro atoms. The van der Waals surface area contributed by atoms with Crippen molar-refractivity contribution in [2.75, 3.05) is 5.73 Å². The molecule has 0 aliphatic heterocycles. The van der Waals surface area contributed by atoms with Crippen molar-refractivity contribution in [3.05, 3.63) is 58.9 Å². The van der Waals surface area contributed by atoms with E-state index in [-0.39, 0.29) is 5.82 Å². The first-order valence-corrected chi connectivity index (χ1v) is 5.45. The van der Waals surface area contributed by atoms with E-state index in [1.54, 1.807) is 30.3 Å². The zero-order chi connectivity index (χ0) is 12.3. The lowest BCUT2D eigenvalue weighted by Gasteiger charge is -2.08. The molecule has 17 heavy (non-hydrogen) atoms. The van der Waals surface area contributed by atoms with E-state index < -0.39 is 0 Å². The topological polar surface area (TPSA) is 35.2 Å². The van der Waals surface area contributed by atoms with Crippen LogP contribution in [0.15, 0.2) is 42.5 Å². The van der Waals surface area contributed by atoms with Crippen LogP contribution in [0, 0.1) is 5.82 Å². The molecule has 0 heterocycles. The maximum atomic E-state index is 12.8. The van der Waals surface area contributed by atoms with Gasteiger partial charge in [0.2, 0.25) is 0 Å². The van der Waals surface area contributed by atoms with Crippen molar-refractivity contribution >= 4 is 17.3 Å². The molecule has 0 bridgehead atoms. The van der Waals surface area contributed by atoms with Crippen molar-refractivity contribution in [2.45, 2.75) is 6.61 Å². The fourth-order valence-corrected chi connectivity index (χ4v) is 1.52. The number of hydrogen-bond acceptors (Lipinski definition) is 2. The van der Waals surface area contributed by atoms with E-state index in [0.29, 0.717) is 23.1 Å². The smallest absolute Gasteiger partial charge is 0.125 e. The van der Waals surface area contributed by atoms with Crippen molar-refractivity contribution in [3.8, 4) is 5.75 Å². The van der Waals surface area contributed by atoms with Crippen LogP contribution in [0.2, 0.25) is 5.02 Å². The number of ether oxygens (including phenoxy) is 1. The molecular formula is C13H11ClFNO. The van der Waals surface area contributed by atoms with Gasteiger partial charge in [0.25, 0.3) is 0 Å².